The minimum atomic E-state index is -3.47. The molecule has 0 unspecified atom stereocenters. The summed E-state index contributed by atoms with van der Waals surface area (Å²) in [6.45, 7) is 3.95. The van der Waals surface area contributed by atoms with Gasteiger partial charge in [0, 0.05) is 6.04 Å². The maximum absolute atomic E-state index is 12.3. The molecule has 0 aliphatic carbocycles. The molecule has 1 aromatic rings. The molecule has 0 radical (unpaired) electrons. The van der Waals surface area contributed by atoms with Gasteiger partial charge in [0.05, 0.1) is 18.5 Å². The fourth-order valence-corrected chi connectivity index (χ4v) is 3.41. The first-order valence-corrected chi connectivity index (χ1v) is 9.21. The van der Waals surface area contributed by atoms with Gasteiger partial charge < -0.3 is 10.1 Å². The second kappa shape index (κ2) is 6.56. The number of benzene rings is 1. The minimum Gasteiger partial charge on any atom is -0.476 e. The average Bonchev–Trinajstić information content (AvgIpc) is 2.45. The Morgan fingerprint density at radius 1 is 1.45 bits per heavy atom. The van der Waals surface area contributed by atoms with E-state index in [9.17, 15) is 13.2 Å². The van der Waals surface area contributed by atoms with E-state index in [0.29, 0.717) is 11.4 Å². The SMILES string of the molecule is CCC[C@H](C)NC(=O)[C@@H]1CN(S(C)(=O)=O)c2ccccc2O1. The quantitative estimate of drug-likeness (QED) is 0.890. The van der Waals surface area contributed by atoms with Crippen LogP contribution in [0.2, 0.25) is 0 Å². The van der Waals surface area contributed by atoms with Gasteiger partial charge in [-0.2, -0.15) is 0 Å². The highest BCUT2D eigenvalue weighted by Gasteiger charge is 2.35. The van der Waals surface area contributed by atoms with E-state index in [2.05, 4.69) is 5.32 Å². The number of nitrogens with zero attached hydrogens (tertiary/aromatic N) is 1. The number of hydrogen-bond donors (Lipinski definition) is 1. The molecule has 1 aliphatic heterocycles. The Balaban J connectivity index is 2.22. The smallest absolute Gasteiger partial charge is 0.263 e. The summed E-state index contributed by atoms with van der Waals surface area (Å²) in [7, 11) is -3.47. The Labute approximate surface area is 131 Å². The summed E-state index contributed by atoms with van der Waals surface area (Å²) in [5, 5.41) is 2.87. The van der Waals surface area contributed by atoms with Gasteiger partial charge in [-0.3, -0.25) is 9.10 Å². The molecule has 0 bridgehead atoms. The number of sulfonamides is 1. The second-order valence-electron chi connectivity index (χ2n) is 5.57. The molecule has 2 rings (SSSR count). The highest BCUT2D eigenvalue weighted by Crippen LogP contribution is 2.34. The first-order valence-electron chi connectivity index (χ1n) is 7.36. The Morgan fingerprint density at radius 2 is 2.14 bits per heavy atom. The van der Waals surface area contributed by atoms with Crippen LogP contribution in [0.3, 0.4) is 0 Å². The molecule has 22 heavy (non-hydrogen) atoms. The normalized spacial score (nSPS) is 19.0. The van der Waals surface area contributed by atoms with Gasteiger partial charge in [0.2, 0.25) is 10.0 Å². The number of fused-ring (bicyclic) bond motifs is 1. The molecule has 1 aromatic carbocycles. The number of hydrogen-bond acceptors (Lipinski definition) is 4. The van der Waals surface area contributed by atoms with E-state index in [0.717, 1.165) is 19.1 Å². The largest absolute Gasteiger partial charge is 0.476 e. The van der Waals surface area contributed by atoms with Gasteiger partial charge in [0.1, 0.15) is 5.75 Å². The van der Waals surface area contributed by atoms with Gasteiger partial charge in [-0.15, -0.1) is 0 Å². The fraction of sp³-hybridized carbons (Fsp3) is 0.533. The van der Waals surface area contributed by atoms with Crippen LogP contribution in [0.15, 0.2) is 24.3 Å². The Kier molecular flexibility index (Phi) is 4.95. The summed E-state index contributed by atoms with van der Waals surface area (Å²) in [6.07, 6.45) is 2.11. The van der Waals surface area contributed by atoms with Crippen LogP contribution in [-0.2, 0) is 14.8 Å². The van der Waals surface area contributed by atoms with Gasteiger partial charge in [-0.05, 0) is 25.5 Å². The van der Waals surface area contributed by atoms with Crippen molar-refractivity contribution in [1.82, 2.24) is 5.32 Å². The molecule has 122 valence electrons. The average molecular weight is 326 g/mol. The molecule has 2 atom stereocenters. The first kappa shape index (κ1) is 16.6. The van der Waals surface area contributed by atoms with Crippen molar-refractivity contribution in [1.29, 1.82) is 0 Å². The molecular weight excluding hydrogens is 304 g/mol. The van der Waals surface area contributed by atoms with Crippen molar-refractivity contribution < 1.29 is 17.9 Å². The molecule has 1 amide bonds. The Bertz CT molecular complexity index is 645. The van der Waals surface area contributed by atoms with Crippen molar-refractivity contribution in [2.45, 2.75) is 38.8 Å². The predicted molar refractivity (Wildman–Crippen MR) is 85.6 cm³/mol. The van der Waals surface area contributed by atoms with E-state index in [4.69, 9.17) is 4.74 Å². The number of amides is 1. The third-order valence-corrected chi connectivity index (χ3v) is 4.68. The number of anilines is 1. The van der Waals surface area contributed by atoms with E-state index in [1.165, 1.54) is 4.31 Å². The summed E-state index contributed by atoms with van der Waals surface area (Å²) in [4.78, 5) is 12.3. The lowest BCUT2D eigenvalue weighted by Crippen LogP contribution is -2.52. The van der Waals surface area contributed by atoms with Crippen molar-refractivity contribution in [2.24, 2.45) is 0 Å². The zero-order valence-corrected chi connectivity index (χ0v) is 13.9. The molecule has 1 heterocycles. The van der Waals surface area contributed by atoms with E-state index >= 15 is 0 Å². The van der Waals surface area contributed by atoms with Gasteiger partial charge in [0.15, 0.2) is 6.10 Å². The van der Waals surface area contributed by atoms with Crippen LogP contribution in [0.5, 0.6) is 5.75 Å². The van der Waals surface area contributed by atoms with Crippen molar-refractivity contribution in [3.63, 3.8) is 0 Å². The molecular formula is C15H22N2O4S. The number of rotatable bonds is 5. The molecule has 1 aliphatic rings. The van der Waals surface area contributed by atoms with Crippen LogP contribution in [0.4, 0.5) is 5.69 Å². The summed E-state index contributed by atoms with van der Waals surface area (Å²) >= 11 is 0. The van der Waals surface area contributed by atoms with Crippen LogP contribution in [0.1, 0.15) is 26.7 Å². The van der Waals surface area contributed by atoms with Crippen LogP contribution < -0.4 is 14.4 Å². The van der Waals surface area contributed by atoms with Gasteiger partial charge >= 0.3 is 0 Å². The van der Waals surface area contributed by atoms with Crippen LogP contribution in [-0.4, -0.2) is 39.3 Å². The van der Waals surface area contributed by atoms with E-state index < -0.39 is 16.1 Å². The lowest BCUT2D eigenvalue weighted by atomic mass is 10.1. The molecule has 0 saturated carbocycles. The molecule has 0 fully saturated rings. The number of nitrogens with one attached hydrogen (secondary N) is 1. The first-order chi connectivity index (χ1) is 10.3. The molecule has 7 heteroatoms. The topological polar surface area (TPSA) is 75.7 Å². The number of carbonyl (C=O) groups excluding carboxylic acids is 1. The van der Waals surface area contributed by atoms with Crippen molar-refractivity contribution in [3.05, 3.63) is 24.3 Å². The van der Waals surface area contributed by atoms with E-state index in [1.807, 2.05) is 13.8 Å². The Hall–Kier alpha value is -1.76. The van der Waals surface area contributed by atoms with Gasteiger partial charge in [-0.25, -0.2) is 8.42 Å². The third-order valence-electron chi connectivity index (χ3n) is 3.54. The maximum Gasteiger partial charge on any atom is 0.263 e. The van der Waals surface area contributed by atoms with Crippen LogP contribution >= 0.6 is 0 Å². The lowest BCUT2D eigenvalue weighted by molar-refractivity contribution is -0.128. The summed E-state index contributed by atoms with van der Waals surface area (Å²) in [6, 6.07) is 6.86. The highest BCUT2D eigenvalue weighted by atomic mass is 32.2. The number of carbonyl (C=O) groups is 1. The number of ether oxygens (including phenoxy) is 1. The third kappa shape index (κ3) is 3.71. The fourth-order valence-electron chi connectivity index (χ4n) is 2.49. The van der Waals surface area contributed by atoms with Crippen LogP contribution in [0.25, 0.3) is 0 Å². The van der Waals surface area contributed by atoms with Crippen molar-refractivity contribution in [3.8, 4) is 5.75 Å². The minimum absolute atomic E-state index is 0.0134. The van der Waals surface area contributed by atoms with Gasteiger partial charge in [0.25, 0.3) is 5.91 Å². The molecule has 0 saturated heterocycles. The molecule has 0 aromatic heterocycles. The summed E-state index contributed by atoms with van der Waals surface area (Å²) < 4.78 is 30.9. The zero-order chi connectivity index (χ0) is 16.3. The Morgan fingerprint density at radius 3 is 2.77 bits per heavy atom. The van der Waals surface area contributed by atoms with E-state index in [1.54, 1.807) is 24.3 Å². The number of para-hydroxylation sites is 2. The van der Waals surface area contributed by atoms with Crippen LogP contribution in [0, 0.1) is 0 Å². The lowest BCUT2D eigenvalue weighted by Gasteiger charge is -2.34. The summed E-state index contributed by atoms with van der Waals surface area (Å²) in [5.74, 6) is 0.117. The zero-order valence-electron chi connectivity index (χ0n) is 13.1. The predicted octanol–water partition coefficient (Wildman–Crippen LogP) is 1.52. The monoisotopic (exact) mass is 326 g/mol. The molecule has 6 nitrogen and oxygen atoms in total. The standard InChI is InChI=1S/C15H22N2O4S/c1-4-7-11(2)16-15(18)14-10-17(22(3,19)20)12-8-5-6-9-13(12)21-14/h5-6,8-9,11,14H,4,7,10H2,1-3H3,(H,16,18)/t11-,14-/m0/s1. The highest BCUT2D eigenvalue weighted by molar-refractivity contribution is 7.92. The maximum atomic E-state index is 12.3. The molecule has 0 spiro atoms. The van der Waals surface area contributed by atoms with E-state index in [-0.39, 0.29) is 18.5 Å². The van der Waals surface area contributed by atoms with Crippen molar-refractivity contribution >= 4 is 21.6 Å². The second-order valence-corrected chi connectivity index (χ2v) is 7.47. The van der Waals surface area contributed by atoms with Crippen molar-refractivity contribution in [2.75, 3.05) is 17.1 Å². The summed E-state index contributed by atoms with van der Waals surface area (Å²) in [5.41, 5.74) is 0.468. The molecule has 1 N–H and O–H groups in total. The van der Waals surface area contributed by atoms with Gasteiger partial charge in [-0.1, -0.05) is 25.5 Å².